The van der Waals surface area contributed by atoms with Crippen molar-refractivity contribution in [3.05, 3.63) is 11.8 Å². The Kier molecular flexibility index (Phi) is 4.18. The molecule has 0 aromatic heterocycles. The molecule has 1 saturated heterocycles. The van der Waals surface area contributed by atoms with E-state index in [9.17, 15) is 4.79 Å². The third kappa shape index (κ3) is 3.29. The van der Waals surface area contributed by atoms with Gasteiger partial charge in [0, 0.05) is 11.0 Å². The van der Waals surface area contributed by atoms with Crippen LogP contribution >= 0.6 is 0 Å². The SMILES string of the molecule is CC(C)(C)C(=O)C1=CC(C#C[Si](C)(C)C)C2(C)CCC(C)(C)N12. The molecule has 0 radical (unpaired) electrons. The first-order chi connectivity index (χ1) is 10.2. The number of hydrogen-bond donors (Lipinski definition) is 0. The van der Waals surface area contributed by atoms with Crippen LogP contribution in [0, 0.1) is 22.8 Å². The summed E-state index contributed by atoms with van der Waals surface area (Å²) in [7, 11) is -1.42. The lowest BCUT2D eigenvalue weighted by molar-refractivity contribution is -0.125. The fourth-order valence-electron chi connectivity index (χ4n) is 3.83. The van der Waals surface area contributed by atoms with Crippen LogP contribution < -0.4 is 0 Å². The Bertz CT molecular complexity index is 606. The van der Waals surface area contributed by atoms with Crippen molar-refractivity contribution in [2.45, 2.75) is 85.1 Å². The number of hydrogen-bond acceptors (Lipinski definition) is 2. The molecule has 0 N–H and O–H groups in total. The van der Waals surface area contributed by atoms with Gasteiger partial charge in [0.05, 0.1) is 17.2 Å². The van der Waals surface area contributed by atoms with Crippen LogP contribution in [0.1, 0.15) is 54.4 Å². The number of nitrogens with zero attached hydrogens (tertiary/aromatic N) is 1. The molecule has 23 heavy (non-hydrogen) atoms. The Morgan fingerprint density at radius 1 is 1.22 bits per heavy atom. The van der Waals surface area contributed by atoms with Gasteiger partial charge in [-0.3, -0.25) is 4.79 Å². The number of carbonyl (C=O) groups is 1. The van der Waals surface area contributed by atoms with Crippen LogP contribution in [-0.4, -0.2) is 29.8 Å². The minimum Gasteiger partial charge on any atom is -0.357 e. The third-order valence-corrected chi connectivity index (χ3v) is 6.01. The molecule has 1 fully saturated rings. The van der Waals surface area contributed by atoms with Crippen molar-refractivity contribution < 1.29 is 4.79 Å². The Balaban J connectivity index is 2.51. The molecule has 2 aliphatic heterocycles. The highest BCUT2D eigenvalue weighted by atomic mass is 28.3. The standard InChI is InChI=1S/C20H33NOSi/c1-18(2,3)17(22)16-14-15(10-13-23(7,8)9)20(6)12-11-19(4,5)21(16)20/h14-15H,11-12H2,1-9H3. The maximum absolute atomic E-state index is 13.0. The van der Waals surface area contributed by atoms with Gasteiger partial charge in [-0.05, 0) is 39.7 Å². The summed E-state index contributed by atoms with van der Waals surface area (Å²) in [6.45, 7) is 19.7. The predicted octanol–water partition coefficient (Wildman–Crippen LogP) is 4.63. The van der Waals surface area contributed by atoms with Crippen molar-refractivity contribution in [1.29, 1.82) is 0 Å². The van der Waals surface area contributed by atoms with Crippen molar-refractivity contribution in [2.24, 2.45) is 11.3 Å². The number of carbonyl (C=O) groups excluding carboxylic acids is 1. The molecule has 0 amide bonds. The van der Waals surface area contributed by atoms with E-state index in [1.54, 1.807) is 0 Å². The molecule has 2 atom stereocenters. The highest BCUT2D eigenvalue weighted by molar-refractivity contribution is 6.83. The summed E-state index contributed by atoms with van der Waals surface area (Å²) in [4.78, 5) is 15.4. The van der Waals surface area contributed by atoms with Gasteiger partial charge in [0.25, 0.3) is 0 Å². The summed E-state index contributed by atoms with van der Waals surface area (Å²) < 4.78 is 0. The van der Waals surface area contributed by atoms with Gasteiger partial charge >= 0.3 is 0 Å². The average Bonchev–Trinajstić information content (AvgIpc) is 2.77. The summed E-state index contributed by atoms with van der Waals surface area (Å²) in [5.41, 5.74) is 4.07. The van der Waals surface area contributed by atoms with Gasteiger partial charge in [-0.2, -0.15) is 0 Å². The predicted molar refractivity (Wildman–Crippen MR) is 101 cm³/mol. The van der Waals surface area contributed by atoms with Crippen LogP contribution in [0.2, 0.25) is 19.6 Å². The van der Waals surface area contributed by atoms with E-state index >= 15 is 0 Å². The molecule has 2 nitrogen and oxygen atoms in total. The lowest BCUT2D eigenvalue weighted by atomic mass is 9.86. The van der Waals surface area contributed by atoms with Crippen molar-refractivity contribution in [1.82, 2.24) is 4.90 Å². The maximum atomic E-state index is 13.0. The zero-order valence-electron chi connectivity index (χ0n) is 16.4. The first-order valence-corrected chi connectivity index (χ1v) is 12.3. The van der Waals surface area contributed by atoms with Crippen LogP contribution in [0.4, 0.5) is 0 Å². The fraction of sp³-hybridized carbons (Fsp3) is 0.750. The molecule has 2 heterocycles. The zero-order chi connectivity index (χ0) is 17.8. The number of ketones is 1. The van der Waals surface area contributed by atoms with E-state index in [0.717, 1.165) is 18.5 Å². The molecular formula is C20H33NOSi. The van der Waals surface area contributed by atoms with Crippen LogP contribution in [0.25, 0.3) is 0 Å². The number of Topliss-reactive ketones (excluding diaryl/α,β-unsaturated/α-hetero) is 1. The molecule has 0 bridgehead atoms. The molecule has 0 aromatic carbocycles. The first-order valence-electron chi connectivity index (χ1n) is 8.78. The molecule has 2 unspecified atom stereocenters. The van der Waals surface area contributed by atoms with Crippen molar-refractivity contribution in [2.75, 3.05) is 0 Å². The molecule has 0 aromatic rings. The fourth-order valence-corrected chi connectivity index (χ4v) is 4.42. The van der Waals surface area contributed by atoms with E-state index in [0.29, 0.717) is 0 Å². The van der Waals surface area contributed by atoms with E-state index in [1.165, 1.54) is 0 Å². The summed E-state index contributed by atoms with van der Waals surface area (Å²) >= 11 is 0. The third-order valence-electron chi connectivity index (χ3n) is 5.11. The molecular weight excluding hydrogens is 298 g/mol. The van der Waals surface area contributed by atoms with Gasteiger partial charge in [0.15, 0.2) is 5.78 Å². The lowest BCUT2D eigenvalue weighted by Gasteiger charge is -2.43. The van der Waals surface area contributed by atoms with Gasteiger partial charge < -0.3 is 4.90 Å². The Labute approximate surface area is 143 Å². The molecule has 2 rings (SSSR count). The van der Waals surface area contributed by atoms with Crippen molar-refractivity contribution >= 4 is 13.9 Å². The van der Waals surface area contributed by atoms with Gasteiger partial charge in [0.1, 0.15) is 8.07 Å². The summed E-state index contributed by atoms with van der Waals surface area (Å²) in [6, 6.07) is 0. The quantitative estimate of drug-likeness (QED) is 0.516. The van der Waals surface area contributed by atoms with Crippen LogP contribution in [0.5, 0.6) is 0 Å². The number of rotatable bonds is 1. The minimum atomic E-state index is -1.42. The number of allylic oxidation sites excluding steroid dienone is 1. The molecule has 2 aliphatic rings. The van der Waals surface area contributed by atoms with Crippen molar-refractivity contribution in [3.63, 3.8) is 0 Å². The lowest BCUT2D eigenvalue weighted by Crippen LogP contribution is -2.50. The Morgan fingerprint density at radius 3 is 2.26 bits per heavy atom. The molecule has 128 valence electrons. The second kappa shape index (κ2) is 5.24. The summed E-state index contributed by atoms with van der Waals surface area (Å²) in [5.74, 6) is 3.96. The normalized spacial score (nSPS) is 29.7. The van der Waals surface area contributed by atoms with Gasteiger partial charge in [-0.15, -0.1) is 11.5 Å². The maximum Gasteiger partial charge on any atom is 0.183 e. The summed E-state index contributed by atoms with van der Waals surface area (Å²) in [6.07, 6.45) is 4.38. The van der Waals surface area contributed by atoms with E-state index in [-0.39, 0.29) is 28.2 Å². The molecule has 0 saturated carbocycles. The van der Waals surface area contributed by atoms with E-state index in [2.05, 4.69) is 62.9 Å². The highest BCUT2D eigenvalue weighted by Gasteiger charge is 2.56. The van der Waals surface area contributed by atoms with Crippen LogP contribution in [-0.2, 0) is 4.79 Å². The van der Waals surface area contributed by atoms with E-state index < -0.39 is 8.07 Å². The first kappa shape index (κ1) is 18.3. The topological polar surface area (TPSA) is 20.3 Å². The highest BCUT2D eigenvalue weighted by Crippen LogP contribution is 2.52. The molecule has 3 heteroatoms. The largest absolute Gasteiger partial charge is 0.357 e. The van der Waals surface area contributed by atoms with Gasteiger partial charge in [-0.25, -0.2) is 0 Å². The monoisotopic (exact) mass is 331 g/mol. The Morgan fingerprint density at radius 2 is 1.78 bits per heavy atom. The second-order valence-electron chi connectivity index (χ2n) is 10.1. The molecule has 0 spiro atoms. The zero-order valence-corrected chi connectivity index (χ0v) is 17.4. The van der Waals surface area contributed by atoms with Gasteiger partial charge in [0.2, 0.25) is 0 Å². The smallest absolute Gasteiger partial charge is 0.183 e. The minimum absolute atomic E-state index is 0.0249. The second-order valence-corrected chi connectivity index (χ2v) is 14.9. The van der Waals surface area contributed by atoms with Gasteiger partial charge in [-0.1, -0.05) is 40.4 Å². The molecule has 0 aliphatic carbocycles. The number of fused-ring (bicyclic) bond motifs is 1. The van der Waals surface area contributed by atoms with Crippen LogP contribution in [0.15, 0.2) is 11.8 Å². The van der Waals surface area contributed by atoms with E-state index in [4.69, 9.17) is 0 Å². The Hall–Kier alpha value is -1.01. The van der Waals surface area contributed by atoms with E-state index in [1.807, 2.05) is 20.8 Å². The summed E-state index contributed by atoms with van der Waals surface area (Å²) in [5, 5.41) is 0. The van der Waals surface area contributed by atoms with Crippen LogP contribution in [0.3, 0.4) is 0 Å². The van der Waals surface area contributed by atoms with Crippen molar-refractivity contribution in [3.8, 4) is 11.5 Å². The average molecular weight is 332 g/mol.